The quantitative estimate of drug-likeness (QED) is 0.846. The molecule has 0 atom stereocenters. The predicted molar refractivity (Wildman–Crippen MR) is 85.9 cm³/mol. The van der Waals surface area contributed by atoms with Crippen LogP contribution < -0.4 is 10.5 Å². The van der Waals surface area contributed by atoms with Crippen LogP contribution in [0.5, 0.6) is 0 Å². The predicted octanol–water partition coefficient (Wildman–Crippen LogP) is 2.52. The molecule has 0 saturated carbocycles. The van der Waals surface area contributed by atoms with Crippen LogP contribution in [0.3, 0.4) is 0 Å². The summed E-state index contributed by atoms with van der Waals surface area (Å²) in [6.45, 7) is 7.94. The second-order valence-electron chi connectivity index (χ2n) is 5.07. The fraction of sp³-hybridized carbons (Fsp3) is 0.571. The second-order valence-corrected chi connectivity index (χ2v) is 6.72. The van der Waals surface area contributed by atoms with Gasteiger partial charge < -0.3 is 5.73 Å². The first-order valence-corrected chi connectivity index (χ1v) is 8.10. The van der Waals surface area contributed by atoms with Crippen LogP contribution in [0.4, 0.5) is 0 Å². The summed E-state index contributed by atoms with van der Waals surface area (Å²) in [5, 5.41) is 0. The van der Waals surface area contributed by atoms with Gasteiger partial charge in [0.25, 0.3) is 0 Å². The Kier molecular flexibility index (Phi) is 7.18. The van der Waals surface area contributed by atoms with Crippen LogP contribution in [0.1, 0.15) is 37.8 Å². The summed E-state index contributed by atoms with van der Waals surface area (Å²) < 4.78 is 27.8. The molecule has 0 unspecified atom stereocenters. The number of aryl methyl sites for hydroxylation is 2. The van der Waals surface area contributed by atoms with Crippen molar-refractivity contribution in [1.82, 2.24) is 4.72 Å². The van der Waals surface area contributed by atoms with Crippen LogP contribution >= 0.6 is 12.4 Å². The van der Waals surface area contributed by atoms with Gasteiger partial charge in [0.1, 0.15) is 0 Å². The Labute approximate surface area is 128 Å². The summed E-state index contributed by atoms with van der Waals surface area (Å²) in [5.41, 5.74) is 6.99. The van der Waals surface area contributed by atoms with E-state index in [-0.39, 0.29) is 12.4 Å². The molecular weight excluding hydrogens is 296 g/mol. The Balaban J connectivity index is 0.00000361. The number of rotatable bonds is 6. The average molecular weight is 321 g/mol. The fourth-order valence-electron chi connectivity index (χ4n) is 2.17. The molecule has 0 aliphatic rings. The molecular formula is C14H25ClN2O2S. The zero-order valence-electron chi connectivity index (χ0n) is 12.6. The van der Waals surface area contributed by atoms with E-state index < -0.39 is 15.6 Å². The fourth-order valence-corrected chi connectivity index (χ4v) is 3.95. The van der Waals surface area contributed by atoms with Gasteiger partial charge in [-0.3, -0.25) is 0 Å². The SMILES string of the molecule is CCC(CC)(CN)NS(=O)(=O)c1ccc(C)cc1C.Cl. The van der Waals surface area contributed by atoms with E-state index in [1.807, 2.05) is 39.8 Å². The molecule has 1 aromatic rings. The number of sulfonamides is 1. The number of hydrogen-bond acceptors (Lipinski definition) is 3. The Bertz CT molecular complexity index is 532. The van der Waals surface area contributed by atoms with E-state index in [0.717, 1.165) is 11.1 Å². The van der Waals surface area contributed by atoms with Gasteiger partial charge in [-0.25, -0.2) is 13.1 Å². The maximum Gasteiger partial charge on any atom is 0.241 e. The lowest BCUT2D eigenvalue weighted by Crippen LogP contribution is -2.52. The summed E-state index contributed by atoms with van der Waals surface area (Å²) in [5.74, 6) is 0. The first-order valence-electron chi connectivity index (χ1n) is 6.61. The molecule has 0 aliphatic heterocycles. The van der Waals surface area contributed by atoms with Crippen molar-refractivity contribution < 1.29 is 8.42 Å². The Morgan fingerprint density at radius 2 is 1.75 bits per heavy atom. The molecule has 0 spiro atoms. The topological polar surface area (TPSA) is 72.2 Å². The molecule has 20 heavy (non-hydrogen) atoms. The lowest BCUT2D eigenvalue weighted by atomic mass is 9.95. The zero-order chi connectivity index (χ0) is 14.7. The highest BCUT2D eigenvalue weighted by Gasteiger charge is 2.31. The molecule has 4 nitrogen and oxygen atoms in total. The zero-order valence-corrected chi connectivity index (χ0v) is 14.2. The van der Waals surface area contributed by atoms with Gasteiger partial charge in [-0.1, -0.05) is 31.5 Å². The van der Waals surface area contributed by atoms with E-state index in [1.54, 1.807) is 6.07 Å². The van der Waals surface area contributed by atoms with Crippen LogP contribution in [0.25, 0.3) is 0 Å². The van der Waals surface area contributed by atoms with Crippen LogP contribution in [0.2, 0.25) is 0 Å². The molecule has 0 fully saturated rings. The summed E-state index contributed by atoms with van der Waals surface area (Å²) in [4.78, 5) is 0.331. The highest BCUT2D eigenvalue weighted by Crippen LogP contribution is 2.21. The molecule has 1 aromatic carbocycles. The van der Waals surface area contributed by atoms with Crippen molar-refractivity contribution in [3.8, 4) is 0 Å². The molecule has 0 heterocycles. The summed E-state index contributed by atoms with van der Waals surface area (Å²) >= 11 is 0. The lowest BCUT2D eigenvalue weighted by molar-refractivity contribution is 0.363. The van der Waals surface area contributed by atoms with Crippen LogP contribution in [-0.4, -0.2) is 20.5 Å². The minimum atomic E-state index is -3.53. The maximum atomic E-state index is 12.5. The Morgan fingerprint density at radius 1 is 1.20 bits per heavy atom. The summed E-state index contributed by atoms with van der Waals surface area (Å²) in [7, 11) is -3.53. The number of nitrogens with two attached hydrogens (primary N) is 1. The summed E-state index contributed by atoms with van der Waals surface area (Å²) in [6.07, 6.45) is 1.34. The number of benzene rings is 1. The smallest absolute Gasteiger partial charge is 0.241 e. The lowest BCUT2D eigenvalue weighted by Gasteiger charge is -2.31. The average Bonchev–Trinajstić information content (AvgIpc) is 2.35. The van der Waals surface area contributed by atoms with Crippen molar-refractivity contribution in [2.75, 3.05) is 6.54 Å². The molecule has 0 radical (unpaired) electrons. The van der Waals surface area contributed by atoms with Gasteiger partial charge in [0.2, 0.25) is 10.0 Å². The van der Waals surface area contributed by atoms with E-state index >= 15 is 0 Å². The number of hydrogen-bond donors (Lipinski definition) is 2. The van der Waals surface area contributed by atoms with E-state index in [9.17, 15) is 8.42 Å². The van der Waals surface area contributed by atoms with E-state index in [2.05, 4.69) is 4.72 Å². The first kappa shape index (κ1) is 19.4. The normalized spacial score (nSPS) is 12.1. The van der Waals surface area contributed by atoms with Gasteiger partial charge in [0.05, 0.1) is 4.90 Å². The Morgan fingerprint density at radius 3 is 2.15 bits per heavy atom. The molecule has 116 valence electrons. The van der Waals surface area contributed by atoms with Crippen LogP contribution in [-0.2, 0) is 10.0 Å². The Hall–Kier alpha value is -0.620. The maximum absolute atomic E-state index is 12.5. The second kappa shape index (κ2) is 7.41. The highest BCUT2D eigenvalue weighted by molar-refractivity contribution is 7.89. The van der Waals surface area contributed by atoms with Gasteiger partial charge in [0.15, 0.2) is 0 Å². The minimum Gasteiger partial charge on any atom is -0.329 e. The third kappa shape index (κ3) is 4.19. The number of nitrogens with one attached hydrogen (secondary N) is 1. The van der Waals surface area contributed by atoms with Crippen molar-refractivity contribution in [1.29, 1.82) is 0 Å². The monoisotopic (exact) mass is 320 g/mol. The molecule has 0 bridgehead atoms. The van der Waals surface area contributed by atoms with Crippen molar-refractivity contribution in [2.24, 2.45) is 5.73 Å². The van der Waals surface area contributed by atoms with Gasteiger partial charge >= 0.3 is 0 Å². The molecule has 3 N–H and O–H groups in total. The van der Waals surface area contributed by atoms with Gasteiger partial charge in [0, 0.05) is 12.1 Å². The molecule has 0 saturated heterocycles. The van der Waals surface area contributed by atoms with Gasteiger partial charge in [-0.15, -0.1) is 12.4 Å². The largest absolute Gasteiger partial charge is 0.329 e. The van der Waals surface area contributed by atoms with E-state index in [4.69, 9.17) is 5.73 Å². The first-order chi connectivity index (χ1) is 8.80. The van der Waals surface area contributed by atoms with Crippen molar-refractivity contribution >= 4 is 22.4 Å². The third-order valence-electron chi connectivity index (χ3n) is 3.72. The standard InChI is InChI=1S/C14H24N2O2S.ClH/c1-5-14(6-2,10-15)16-19(17,18)13-8-7-11(3)9-12(13)4;/h7-9,16H,5-6,10,15H2,1-4H3;1H. The van der Waals surface area contributed by atoms with Crippen molar-refractivity contribution in [3.05, 3.63) is 29.3 Å². The highest BCUT2D eigenvalue weighted by atomic mass is 35.5. The van der Waals surface area contributed by atoms with E-state index in [1.165, 1.54) is 0 Å². The van der Waals surface area contributed by atoms with Gasteiger partial charge in [-0.2, -0.15) is 0 Å². The van der Waals surface area contributed by atoms with Gasteiger partial charge in [-0.05, 0) is 38.3 Å². The van der Waals surface area contributed by atoms with Crippen LogP contribution in [0.15, 0.2) is 23.1 Å². The van der Waals surface area contributed by atoms with Crippen LogP contribution in [0, 0.1) is 13.8 Å². The molecule has 0 aliphatic carbocycles. The molecule has 6 heteroatoms. The van der Waals surface area contributed by atoms with Crippen molar-refractivity contribution in [2.45, 2.75) is 51.0 Å². The van der Waals surface area contributed by atoms with E-state index in [0.29, 0.717) is 24.3 Å². The van der Waals surface area contributed by atoms with Crippen molar-refractivity contribution in [3.63, 3.8) is 0 Å². The molecule has 0 amide bonds. The molecule has 1 rings (SSSR count). The number of halogens is 1. The summed E-state index contributed by atoms with van der Waals surface area (Å²) in [6, 6.07) is 5.33. The molecule has 0 aromatic heterocycles. The minimum absolute atomic E-state index is 0. The third-order valence-corrected chi connectivity index (χ3v) is 5.45.